The minimum absolute atomic E-state index is 0.555. The first-order valence-electron chi connectivity index (χ1n) is 7.33. The Balaban J connectivity index is 1.69. The molecule has 1 atom stereocenters. The number of likely N-dealkylation sites (tertiary alicyclic amines) is 1. The van der Waals surface area contributed by atoms with Gasteiger partial charge in [0.25, 0.3) is 0 Å². The Hall–Kier alpha value is -1.68. The van der Waals surface area contributed by atoms with E-state index in [0.29, 0.717) is 5.92 Å². The van der Waals surface area contributed by atoms with Crippen LogP contribution in [0.2, 0.25) is 0 Å². The number of nitrogens with zero attached hydrogens (tertiary/aromatic N) is 4. The average molecular weight is 270 g/mol. The van der Waals surface area contributed by atoms with Crippen LogP contribution in [0, 0.1) is 6.92 Å². The lowest BCUT2D eigenvalue weighted by atomic mass is 9.97. The number of piperidine rings is 1. The SMILES string of the molecule is Cc1cn(C)c([C@H]2CCCN(Cc3cccnc3)C2)n1. The molecule has 0 spiro atoms. The van der Waals surface area contributed by atoms with Crippen LogP contribution in [0.3, 0.4) is 0 Å². The summed E-state index contributed by atoms with van der Waals surface area (Å²) in [6.45, 7) is 5.33. The fraction of sp³-hybridized carbons (Fsp3) is 0.500. The minimum Gasteiger partial charge on any atom is -0.337 e. The van der Waals surface area contributed by atoms with Crippen LogP contribution in [-0.2, 0) is 13.6 Å². The van der Waals surface area contributed by atoms with Crippen molar-refractivity contribution in [2.75, 3.05) is 13.1 Å². The van der Waals surface area contributed by atoms with E-state index in [1.165, 1.54) is 30.8 Å². The molecule has 2 aromatic heterocycles. The second kappa shape index (κ2) is 5.75. The topological polar surface area (TPSA) is 34.0 Å². The standard InChI is InChI=1S/C16H22N4/c1-13-10-19(2)16(18-13)15-6-4-8-20(12-15)11-14-5-3-7-17-9-14/h3,5,7,9-10,15H,4,6,8,11-12H2,1-2H3/t15-/m0/s1. The van der Waals surface area contributed by atoms with Crippen molar-refractivity contribution in [1.29, 1.82) is 0 Å². The Labute approximate surface area is 120 Å². The molecule has 106 valence electrons. The molecule has 2 aromatic rings. The van der Waals surface area contributed by atoms with Gasteiger partial charge in [0, 0.05) is 44.6 Å². The maximum Gasteiger partial charge on any atom is 0.113 e. The number of hydrogen-bond acceptors (Lipinski definition) is 3. The molecule has 0 amide bonds. The lowest BCUT2D eigenvalue weighted by molar-refractivity contribution is 0.195. The van der Waals surface area contributed by atoms with Crippen molar-refractivity contribution >= 4 is 0 Å². The van der Waals surface area contributed by atoms with Crippen molar-refractivity contribution in [3.63, 3.8) is 0 Å². The number of rotatable bonds is 3. The Kier molecular flexibility index (Phi) is 3.83. The Morgan fingerprint density at radius 3 is 3.00 bits per heavy atom. The second-order valence-electron chi connectivity index (χ2n) is 5.79. The smallest absolute Gasteiger partial charge is 0.113 e. The lowest BCUT2D eigenvalue weighted by Crippen LogP contribution is -2.34. The van der Waals surface area contributed by atoms with Crippen molar-refractivity contribution in [1.82, 2.24) is 19.4 Å². The highest BCUT2D eigenvalue weighted by atomic mass is 15.1. The fourth-order valence-electron chi connectivity index (χ4n) is 3.17. The normalized spacial score (nSPS) is 20.2. The van der Waals surface area contributed by atoms with Crippen molar-refractivity contribution in [2.24, 2.45) is 7.05 Å². The molecule has 1 saturated heterocycles. The van der Waals surface area contributed by atoms with Crippen molar-refractivity contribution in [3.8, 4) is 0 Å². The molecule has 0 N–H and O–H groups in total. The molecular formula is C16H22N4. The molecule has 1 aliphatic rings. The summed E-state index contributed by atoms with van der Waals surface area (Å²) >= 11 is 0. The first-order chi connectivity index (χ1) is 9.72. The van der Waals surface area contributed by atoms with Crippen molar-refractivity contribution in [2.45, 2.75) is 32.2 Å². The highest BCUT2D eigenvalue weighted by Crippen LogP contribution is 2.26. The van der Waals surface area contributed by atoms with Gasteiger partial charge in [-0.15, -0.1) is 0 Å². The Morgan fingerprint density at radius 1 is 1.40 bits per heavy atom. The third-order valence-corrected chi connectivity index (χ3v) is 4.03. The molecule has 0 aliphatic carbocycles. The molecule has 1 fully saturated rings. The van der Waals surface area contributed by atoms with Crippen LogP contribution >= 0.6 is 0 Å². The molecule has 4 heteroatoms. The van der Waals surface area contributed by atoms with Gasteiger partial charge in [0.15, 0.2) is 0 Å². The molecule has 0 saturated carbocycles. The molecular weight excluding hydrogens is 248 g/mol. The summed E-state index contributed by atoms with van der Waals surface area (Å²) in [5, 5.41) is 0. The summed E-state index contributed by atoms with van der Waals surface area (Å²) in [6.07, 6.45) is 8.41. The maximum absolute atomic E-state index is 4.70. The van der Waals surface area contributed by atoms with Crippen LogP contribution < -0.4 is 0 Å². The van der Waals surface area contributed by atoms with E-state index in [4.69, 9.17) is 4.98 Å². The van der Waals surface area contributed by atoms with Crippen molar-refractivity contribution < 1.29 is 0 Å². The van der Waals surface area contributed by atoms with Gasteiger partial charge in [-0.25, -0.2) is 4.98 Å². The van der Waals surface area contributed by atoms with Gasteiger partial charge < -0.3 is 4.57 Å². The highest BCUT2D eigenvalue weighted by Gasteiger charge is 2.24. The van der Waals surface area contributed by atoms with Crippen LogP contribution in [0.5, 0.6) is 0 Å². The number of aromatic nitrogens is 3. The van der Waals surface area contributed by atoms with E-state index in [0.717, 1.165) is 18.8 Å². The zero-order chi connectivity index (χ0) is 13.9. The number of hydrogen-bond donors (Lipinski definition) is 0. The Bertz CT molecular complexity index is 561. The fourth-order valence-corrected chi connectivity index (χ4v) is 3.17. The zero-order valence-electron chi connectivity index (χ0n) is 12.3. The predicted octanol–water partition coefficient (Wildman–Crippen LogP) is 2.50. The van der Waals surface area contributed by atoms with Crippen LogP contribution in [-0.4, -0.2) is 32.5 Å². The maximum atomic E-state index is 4.70. The molecule has 1 aliphatic heterocycles. The summed E-state index contributed by atoms with van der Waals surface area (Å²) in [7, 11) is 2.11. The van der Waals surface area contributed by atoms with E-state index >= 15 is 0 Å². The quantitative estimate of drug-likeness (QED) is 0.859. The van der Waals surface area contributed by atoms with Gasteiger partial charge in [-0.3, -0.25) is 9.88 Å². The Morgan fingerprint density at radius 2 is 2.30 bits per heavy atom. The molecule has 3 heterocycles. The summed E-state index contributed by atoms with van der Waals surface area (Å²) in [5.74, 6) is 1.79. The summed E-state index contributed by atoms with van der Waals surface area (Å²) in [6, 6.07) is 4.17. The van der Waals surface area contributed by atoms with Crippen LogP contribution in [0.1, 0.15) is 35.8 Å². The largest absolute Gasteiger partial charge is 0.337 e. The predicted molar refractivity (Wildman–Crippen MR) is 79.4 cm³/mol. The van der Waals surface area contributed by atoms with Gasteiger partial charge in [0.2, 0.25) is 0 Å². The molecule has 3 rings (SSSR count). The summed E-state index contributed by atoms with van der Waals surface area (Å²) in [4.78, 5) is 11.4. The van der Waals surface area contributed by atoms with Crippen LogP contribution in [0.4, 0.5) is 0 Å². The van der Waals surface area contributed by atoms with E-state index in [1.54, 1.807) is 0 Å². The lowest BCUT2D eigenvalue weighted by Gasteiger charge is -2.32. The molecule has 0 bridgehead atoms. The van der Waals surface area contributed by atoms with E-state index in [2.05, 4.69) is 40.7 Å². The third-order valence-electron chi connectivity index (χ3n) is 4.03. The van der Waals surface area contributed by atoms with Crippen molar-refractivity contribution in [3.05, 3.63) is 47.8 Å². The van der Waals surface area contributed by atoms with E-state index in [-0.39, 0.29) is 0 Å². The molecule has 4 nitrogen and oxygen atoms in total. The number of imidazole rings is 1. The average Bonchev–Trinajstić information content (AvgIpc) is 2.79. The molecule has 0 unspecified atom stereocenters. The van der Waals surface area contributed by atoms with E-state index in [1.807, 2.05) is 18.5 Å². The highest BCUT2D eigenvalue weighted by molar-refractivity contribution is 5.11. The first-order valence-corrected chi connectivity index (χ1v) is 7.33. The second-order valence-corrected chi connectivity index (χ2v) is 5.79. The number of aryl methyl sites for hydroxylation is 2. The molecule has 0 radical (unpaired) electrons. The van der Waals surface area contributed by atoms with Gasteiger partial charge in [-0.1, -0.05) is 6.07 Å². The minimum atomic E-state index is 0.555. The monoisotopic (exact) mass is 270 g/mol. The number of pyridine rings is 1. The van der Waals surface area contributed by atoms with E-state index in [9.17, 15) is 0 Å². The molecule has 20 heavy (non-hydrogen) atoms. The van der Waals surface area contributed by atoms with Gasteiger partial charge in [-0.2, -0.15) is 0 Å². The molecule has 0 aromatic carbocycles. The zero-order valence-corrected chi connectivity index (χ0v) is 12.3. The van der Waals surface area contributed by atoms with E-state index < -0.39 is 0 Å². The summed E-state index contributed by atoms with van der Waals surface area (Å²) < 4.78 is 2.19. The van der Waals surface area contributed by atoms with Crippen LogP contribution in [0.25, 0.3) is 0 Å². The van der Waals surface area contributed by atoms with Crippen LogP contribution in [0.15, 0.2) is 30.7 Å². The van der Waals surface area contributed by atoms with Gasteiger partial charge in [0.05, 0.1) is 5.69 Å². The summed E-state index contributed by atoms with van der Waals surface area (Å²) in [5.41, 5.74) is 2.41. The third kappa shape index (κ3) is 2.90. The first kappa shape index (κ1) is 13.3. The van der Waals surface area contributed by atoms with Gasteiger partial charge >= 0.3 is 0 Å². The van der Waals surface area contributed by atoms with Gasteiger partial charge in [0.1, 0.15) is 5.82 Å². The van der Waals surface area contributed by atoms with Gasteiger partial charge in [-0.05, 0) is 37.9 Å².